The second-order valence-corrected chi connectivity index (χ2v) is 5.00. The number of pyridine rings is 1. The number of amidine groups is 1. The zero-order valence-electron chi connectivity index (χ0n) is 9.95. The number of aromatic nitrogens is 1. The first-order chi connectivity index (χ1) is 8.93. The molecule has 0 unspecified atom stereocenters. The molecule has 0 saturated carbocycles. The lowest BCUT2D eigenvalue weighted by atomic mass is 10.2. The van der Waals surface area contributed by atoms with Crippen molar-refractivity contribution in [1.29, 1.82) is 0 Å². The van der Waals surface area contributed by atoms with E-state index in [9.17, 15) is 0 Å². The van der Waals surface area contributed by atoms with Gasteiger partial charge in [-0.3, -0.25) is 4.98 Å². The quantitative estimate of drug-likeness (QED) is 0.763. The number of thioether (sulfide) groups is 1. The van der Waals surface area contributed by atoms with Gasteiger partial charge in [-0.05, 0) is 12.1 Å². The number of hydrogen-bond acceptors (Lipinski definition) is 6. The van der Waals surface area contributed by atoms with Crippen molar-refractivity contribution in [2.24, 2.45) is 10.2 Å². The molecule has 0 amide bonds. The number of ether oxygens (including phenoxy) is 1. The first kappa shape index (κ1) is 11.7. The Balaban J connectivity index is 1.74. The fraction of sp³-hybridized carbons (Fsp3) is 0.417. The average molecular weight is 262 g/mol. The van der Waals surface area contributed by atoms with Gasteiger partial charge in [-0.25, -0.2) is 0 Å². The van der Waals surface area contributed by atoms with Gasteiger partial charge in [-0.2, -0.15) is 5.10 Å². The zero-order chi connectivity index (χ0) is 12.2. The van der Waals surface area contributed by atoms with Crippen LogP contribution in [0.1, 0.15) is 5.56 Å². The molecule has 2 aliphatic heterocycles. The van der Waals surface area contributed by atoms with Gasteiger partial charge in [-0.1, -0.05) is 11.8 Å². The maximum absolute atomic E-state index is 5.33. The minimum atomic E-state index is 0.778. The van der Waals surface area contributed by atoms with E-state index >= 15 is 0 Å². The molecule has 18 heavy (non-hydrogen) atoms. The van der Waals surface area contributed by atoms with E-state index in [1.165, 1.54) is 0 Å². The summed E-state index contributed by atoms with van der Waals surface area (Å²) in [4.78, 5) is 6.25. The van der Waals surface area contributed by atoms with E-state index in [0.29, 0.717) is 0 Å². The van der Waals surface area contributed by atoms with Gasteiger partial charge in [-0.15, -0.1) is 5.10 Å². The molecule has 5 nitrogen and oxygen atoms in total. The highest BCUT2D eigenvalue weighted by molar-refractivity contribution is 8.14. The third kappa shape index (κ3) is 2.54. The molecule has 1 aromatic heterocycles. The summed E-state index contributed by atoms with van der Waals surface area (Å²) < 4.78 is 5.33. The van der Waals surface area contributed by atoms with Gasteiger partial charge in [0.2, 0.25) is 0 Å². The predicted molar refractivity (Wildman–Crippen MR) is 73.1 cm³/mol. The topological polar surface area (TPSA) is 50.1 Å². The second kappa shape index (κ2) is 5.49. The van der Waals surface area contributed by atoms with Crippen LogP contribution in [0.5, 0.6) is 0 Å². The van der Waals surface area contributed by atoms with E-state index in [2.05, 4.69) is 20.1 Å². The normalized spacial score (nSPS) is 20.3. The Bertz CT molecular complexity index is 468. The maximum Gasteiger partial charge on any atom is 0.186 e. The van der Waals surface area contributed by atoms with Crippen molar-refractivity contribution in [2.75, 3.05) is 32.1 Å². The highest BCUT2D eigenvalue weighted by Crippen LogP contribution is 2.18. The molecule has 1 aromatic rings. The first-order valence-corrected chi connectivity index (χ1v) is 6.92. The Morgan fingerprint density at radius 1 is 1.11 bits per heavy atom. The van der Waals surface area contributed by atoms with Crippen LogP contribution < -0.4 is 0 Å². The van der Waals surface area contributed by atoms with Gasteiger partial charge >= 0.3 is 0 Å². The van der Waals surface area contributed by atoms with Crippen molar-refractivity contribution in [3.63, 3.8) is 0 Å². The Kier molecular flexibility index (Phi) is 3.56. The highest BCUT2D eigenvalue weighted by Gasteiger charge is 2.19. The molecule has 3 rings (SSSR count). The molecule has 0 bridgehead atoms. The third-order valence-electron chi connectivity index (χ3n) is 2.89. The van der Waals surface area contributed by atoms with Gasteiger partial charge in [0.15, 0.2) is 5.17 Å². The van der Waals surface area contributed by atoms with Crippen molar-refractivity contribution in [2.45, 2.75) is 0 Å². The molecule has 2 aliphatic rings. The number of rotatable bonds is 1. The van der Waals surface area contributed by atoms with Crippen molar-refractivity contribution in [3.05, 3.63) is 30.1 Å². The van der Waals surface area contributed by atoms with Gasteiger partial charge in [0.1, 0.15) is 0 Å². The molecule has 0 aromatic carbocycles. The van der Waals surface area contributed by atoms with Crippen LogP contribution in [0.2, 0.25) is 0 Å². The monoisotopic (exact) mass is 262 g/mol. The Hall–Kier alpha value is -1.40. The Morgan fingerprint density at radius 3 is 2.56 bits per heavy atom. The van der Waals surface area contributed by atoms with E-state index in [1.807, 2.05) is 12.1 Å². The van der Waals surface area contributed by atoms with E-state index in [1.54, 1.807) is 24.2 Å². The summed E-state index contributed by atoms with van der Waals surface area (Å²) in [7, 11) is 0. The van der Waals surface area contributed by atoms with E-state index < -0.39 is 0 Å². The van der Waals surface area contributed by atoms with Crippen LogP contribution in [-0.4, -0.2) is 52.8 Å². The molecule has 0 atom stereocenters. The largest absolute Gasteiger partial charge is 0.378 e. The second-order valence-electron chi connectivity index (χ2n) is 4.05. The molecule has 0 radical (unpaired) electrons. The lowest BCUT2D eigenvalue weighted by Crippen LogP contribution is -2.40. The first-order valence-electron chi connectivity index (χ1n) is 5.94. The summed E-state index contributed by atoms with van der Waals surface area (Å²) in [5.74, 6) is 0.861. The zero-order valence-corrected chi connectivity index (χ0v) is 10.8. The molecule has 3 heterocycles. The van der Waals surface area contributed by atoms with E-state index in [-0.39, 0.29) is 0 Å². The minimum absolute atomic E-state index is 0.778. The molecule has 6 heteroatoms. The molecule has 94 valence electrons. The lowest BCUT2D eigenvalue weighted by molar-refractivity contribution is 0.0692. The summed E-state index contributed by atoms with van der Waals surface area (Å²) in [5, 5.41) is 9.67. The van der Waals surface area contributed by atoms with Crippen LogP contribution in [0.15, 0.2) is 34.7 Å². The molecule has 1 saturated heterocycles. The number of hydrogen-bond donors (Lipinski definition) is 0. The van der Waals surface area contributed by atoms with Crippen LogP contribution in [0.25, 0.3) is 0 Å². The average Bonchev–Trinajstić information content (AvgIpc) is 2.49. The standard InChI is InChI=1S/C12H14N4OS/c1-3-13-4-2-10(1)11-9-18-12(15-14-11)16-5-7-17-8-6-16/h1-4H,5-9H2. The van der Waals surface area contributed by atoms with Crippen LogP contribution in [0, 0.1) is 0 Å². The SMILES string of the molecule is c1cc(C2=NN=C(N3CCOCC3)SC2)ccn1. The van der Waals surface area contributed by atoms with Gasteiger partial charge < -0.3 is 9.64 Å². The summed E-state index contributed by atoms with van der Waals surface area (Å²) in [6, 6.07) is 3.93. The summed E-state index contributed by atoms with van der Waals surface area (Å²) >= 11 is 1.74. The van der Waals surface area contributed by atoms with Crippen LogP contribution in [-0.2, 0) is 4.74 Å². The van der Waals surface area contributed by atoms with E-state index in [4.69, 9.17) is 4.74 Å². The van der Waals surface area contributed by atoms with Crippen LogP contribution in [0.3, 0.4) is 0 Å². The molecule has 0 spiro atoms. The molecule has 0 N–H and O–H groups in total. The molecule has 1 fully saturated rings. The van der Waals surface area contributed by atoms with E-state index in [0.717, 1.165) is 48.5 Å². The number of nitrogens with zero attached hydrogens (tertiary/aromatic N) is 4. The summed E-state index contributed by atoms with van der Waals surface area (Å²) in [6.07, 6.45) is 3.56. The van der Waals surface area contributed by atoms with Gasteiger partial charge in [0.25, 0.3) is 0 Å². The predicted octanol–water partition coefficient (Wildman–Crippen LogP) is 1.22. The van der Waals surface area contributed by atoms with Crippen molar-refractivity contribution in [3.8, 4) is 0 Å². The highest BCUT2D eigenvalue weighted by atomic mass is 32.2. The fourth-order valence-corrected chi connectivity index (χ4v) is 2.84. The molecular weight excluding hydrogens is 248 g/mol. The Labute approximate surface area is 110 Å². The van der Waals surface area contributed by atoms with Gasteiger partial charge in [0.05, 0.1) is 18.9 Å². The summed E-state index contributed by atoms with van der Waals surface area (Å²) in [5.41, 5.74) is 2.11. The van der Waals surface area contributed by atoms with Crippen LogP contribution in [0.4, 0.5) is 0 Å². The number of morpholine rings is 1. The van der Waals surface area contributed by atoms with Crippen molar-refractivity contribution in [1.82, 2.24) is 9.88 Å². The Morgan fingerprint density at radius 2 is 1.89 bits per heavy atom. The maximum atomic E-state index is 5.33. The van der Waals surface area contributed by atoms with Crippen LogP contribution >= 0.6 is 11.8 Å². The smallest absolute Gasteiger partial charge is 0.186 e. The lowest BCUT2D eigenvalue weighted by Gasteiger charge is -2.29. The third-order valence-corrected chi connectivity index (χ3v) is 3.91. The van der Waals surface area contributed by atoms with Crippen molar-refractivity contribution < 1.29 is 4.74 Å². The molecule has 0 aliphatic carbocycles. The fourth-order valence-electron chi connectivity index (χ4n) is 1.89. The minimum Gasteiger partial charge on any atom is -0.378 e. The van der Waals surface area contributed by atoms with Crippen molar-refractivity contribution >= 4 is 22.6 Å². The van der Waals surface area contributed by atoms with Gasteiger partial charge in [0, 0.05) is 36.8 Å². The summed E-state index contributed by atoms with van der Waals surface area (Å²) in [6.45, 7) is 3.37. The molecular formula is C12H14N4OS.